The van der Waals surface area contributed by atoms with Crippen LogP contribution in [-0.2, 0) is 4.79 Å². The van der Waals surface area contributed by atoms with Crippen molar-refractivity contribution < 1.29 is 4.79 Å². The highest BCUT2D eigenvalue weighted by Gasteiger charge is 1.94. The predicted octanol–water partition coefficient (Wildman–Crippen LogP) is 2.18. The molecule has 0 heterocycles. The molecule has 9 heavy (non-hydrogen) atoms. The van der Waals surface area contributed by atoms with Gasteiger partial charge in [0.1, 0.15) is 6.29 Å². The number of aldehydes is 1. The van der Waals surface area contributed by atoms with Gasteiger partial charge in [0.05, 0.1) is 0 Å². The topological polar surface area (TPSA) is 17.1 Å². The van der Waals surface area contributed by atoms with Crippen LogP contribution >= 0.6 is 0 Å². The van der Waals surface area contributed by atoms with E-state index in [0.29, 0.717) is 0 Å². The first-order valence-corrected chi connectivity index (χ1v) is 3.47. The van der Waals surface area contributed by atoms with E-state index in [1.54, 1.807) is 0 Å². The van der Waals surface area contributed by atoms with Gasteiger partial charge < -0.3 is 4.79 Å². The molecule has 0 aromatic heterocycles. The Labute approximate surface area is 56.8 Å². The largest absolute Gasteiger partial charge is 0.303 e. The minimum absolute atomic E-state index is 0.143. The fourth-order valence-corrected chi connectivity index (χ4v) is 0.589. The van der Waals surface area contributed by atoms with Gasteiger partial charge in [-0.25, -0.2) is 0 Å². The standard InChI is InChI=1S/C8H14O/c1-3-5-6-8(4-2)7-9/h5-8H,3-4H2,1-2H3/b6-5+. The predicted molar refractivity (Wildman–Crippen MR) is 39.3 cm³/mol. The van der Waals surface area contributed by atoms with Gasteiger partial charge in [0.25, 0.3) is 0 Å². The van der Waals surface area contributed by atoms with Crippen molar-refractivity contribution in [2.45, 2.75) is 26.7 Å². The third-order valence-corrected chi connectivity index (χ3v) is 1.27. The normalized spacial score (nSPS) is 14.0. The fourth-order valence-electron chi connectivity index (χ4n) is 0.589. The Hall–Kier alpha value is -0.590. The van der Waals surface area contributed by atoms with Crippen LogP contribution in [0.15, 0.2) is 12.2 Å². The third kappa shape index (κ3) is 3.95. The SMILES string of the molecule is CC/C=C/C(C=O)CC. The zero-order chi connectivity index (χ0) is 7.11. The first kappa shape index (κ1) is 8.41. The number of carbonyl (C=O) groups is 1. The molecule has 0 aliphatic carbocycles. The summed E-state index contributed by atoms with van der Waals surface area (Å²) in [5.41, 5.74) is 0. The molecular formula is C8H14O. The number of hydrogen-bond acceptors (Lipinski definition) is 1. The van der Waals surface area contributed by atoms with Crippen LogP contribution in [0.4, 0.5) is 0 Å². The van der Waals surface area contributed by atoms with Crippen LogP contribution in [0.5, 0.6) is 0 Å². The third-order valence-electron chi connectivity index (χ3n) is 1.27. The molecule has 0 aromatic rings. The van der Waals surface area contributed by atoms with Crippen molar-refractivity contribution in [3.63, 3.8) is 0 Å². The molecule has 0 aliphatic heterocycles. The molecule has 1 atom stereocenters. The van der Waals surface area contributed by atoms with Crippen molar-refractivity contribution in [3.05, 3.63) is 12.2 Å². The number of allylic oxidation sites excluding steroid dienone is 2. The quantitative estimate of drug-likeness (QED) is 0.417. The van der Waals surface area contributed by atoms with Crippen molar-refractivity contribution in [2.24, 2.45) is 5.92 Å². The molecule has 0 fully saturated rings. The van der Waals surface area contributed by atoms with Crippen molar-refractivity contribution >= 4 is 6.29 Å². The Balaban J connectivity index is 3.54. The van der Waals surface area contributed by atoms with E-state index < -0.39 is 0 Å². The summed E-state index contributed by atoms with van der Waals surface area (Å²) in [6.45, 7) is 4.08. The molecule has 0 N–H and O–H groups in total. The van der Waals surface area contributed by atoms with E-state index in [2.05, 4.69) is 6.92 Å². The molecule has 0 bridgehead atoms. The fraction of sp³-hybridized carbons (Fsp3) is 0.625. The van der Waals surface area contributed by atoms with Gasteiger partial charge in [-0.15, -0.1) is 0 Å². The van der Waals surface area contributed by atoms with E-state index in [-0.39, 0.29) is 5.92 Å². The van der Waals surface area contributed by atoms with Gasteiger partial charge in [0, 0.05) is 5.92 Å². The maximum Gasteiger partial charge on any atom is 0.126 e. The second kappa shape index (κ2) is 5.54. The van der Waals surface area contributed by atoms with Gasteiger partial charge in [-0.3, -0.25) is 0 Å². The van der Waals surface area contributed by atoms with Gasteiger partial charge >= 0.3 is 0 Å². The van der Waals surface area contributed by atoms with Crippen LogP contribution in [0.1, 0.15) is 26.7 Å². The van der Waals surface area contributed by atoms with Crippen LogP contribution < -0.4 is 0 Å². The molecule has 52 valence electrons. The van der Waals surface area contributed by atoms with E-state index in [1.165, 1.54) is 0 Å². The summed E-state index contributed by atoms with van der Waals surface area (Å²) in [5.74, 6) is 0.143. The molecule has 1 nitrogen and oxygen atoms in total. The lowest BCUT2D eigenvalue weighted by molar-refractivity contribution is -0.109. The highest BCUT2D eigenvalue weighted by molar-refractivity contribution is 5.56. The Morgan fingerprint density at radius 1 is 1.44 bits per heavy atom. The summed E-state index contributed by atoms with van der Waals surface area (Å²) in [6, 6.07) is 0. The van der Waals surface area contributed by atoms with Crippen LogP contribution in [0.3, 0.4) is 0 Å². The number of hydrogen-bond donors (Lipinski definition) is 0. The van der Waals surface area contributed by atoms with Crippen LogP contribution in [0.2, 0.25) is 0 Å². The molecule has 0 amide bonds. The van der Waals surface area contributed by atoms with Crippen molar-refractivity contribution in [2.75, 3.05) is 0 Å². The number of rotatable bonds is 4. The molecule has 0 spiro atoms. The molecule has 0 saturated heterocycles. The highest BCUT2D eigenvalue weighted by Crippen LogP contribution is 1.99. The summed E-state index contributed by atoms with van der Waals surface area (Å²) in [7, 11) is 0. The average molecular weight is 126 g/mol. The monoisotopic (exact) mass is 126 g/mol. The summed E-state index contributed by atoms with van der Waals surface area (Å²) < 4.78 is 0. The van der Waals surface area contributed by atoms with E-state index in [9.17, 15) is 4.79 Å². The van der Waals surface area contributed by atoms with Crippen LogP contribution in [0.25, 0.3) is 0 Å². The molecule has 0 radical (unpaired) electrons. The summed E-state index contributed by atoms with van der Waals surface area (Å²) in [4.78, 5) is 10.2. The zero-order valence-corrected chi connectivity index (χ0v) is 6.13. The molecular weight excluding hydrogens is 112 g/mol. The smallest absolute Gasteiger partial charge is 0.126 e. The molecule has 0 aromatic carbocycles. The van der Waals surface area contributed by atoms with E-state index >= 15 is 0 Å². The molecule has 1 unspecified atom stereocenters. The number of carbonyl (C=O) groups excluding carboxylic acids is 1. The van der Waals surface area contributed by atoms with E-state index in [4.69, 9.17) is 0 Å². The van der Waals surface area contributed by atoms with E-state index in [1.807, 2.05) is 19.1 Å². The summed E-state index contributed by atoms with van der Waals surface area (Å²) in [5, 5.41) is 0. The van der Waals surface area contributed by atoms with Gasteiger partial charge in [0.15, 0.2) is 0 Å². The van der Waals surface area contributed by atoms with Crippen molar-refractivity contribution in [1.29, 1.82) is 0 Å². The molecule has 0 rings (SSSR count). The minimum Gasteiger partial charge on any atom is -0.303 e. The summed E-state index contributed by atoms with van der Waals surface area (Å²) in [6.07, 6.45) is 6.92. The Morgan fingerprint density at radius 3 is 2.44 bits per heavy atom. The van der Waals surface area contributed by atoms with Gasteiger partial charge in [-0.1, -0.05) is 26.0 Å². The Bertz CT molecular complexity index is 94.7. The van der Waals surface area contributed by atoms with Gasteiger partial charge in [-0.05, 0) is 12.8 Å². The lowest BCUT2D eigenvalue weighted by Gasteiger charge is -1.95. The van der Waals surface area contributed by atoms with Crippen molar-refractivity contribution in [1.82, 2.24) is 0 Å². The second-order valence-electron chi connectivity index (χ2n) is 2.04. The Morgan fingerprint density at radius 2 is 2.11 bits per heavy atom. The van der Waals surface area contributed by atoms with Crippen molar-refractivity contribution in [3.8, 4) is 0 Å². The maximum atomic E-state index is 10.2. The average Bonchev–Trinajstić information content (AvgIpc) is 1.91. The van der Waals surface area contributed by atoms with Gasteiger partial charge in [-0.2, -0.15) is 0 Å². The first-order chi connectivity index (χ1) is 4.35. The highest BCUT2D eigenvalue weighted by atomic mass is 16.1. The maximum absolute atomic E-state index is 10.2. The minimum atomic E-state index is 0.143. The zero-order valence-electron chi connectivity index (χ0n) is 6.13. The molecule has 0 aliphatic rings. The van der Waals surface area contributed by atoms with E-state index in [0.717, 1.165) is 19.1 Å². The lowest BCUT2D eigenvalue weighted by Crippen LogP contribution is -1.93. The van der Waals surface area contributed by atoms with Gasteiger partial charge in [0.2, 0.25) is 0 Å². The van der Waals surface area contributed by atoms with Crippen LogP contribution in [-0.4, -0.2) is 6.29 Å². The Kier molecular flexibility index (Phi) is 5.18. The van der Waals surface area contributed by atoms with Crippen LogP contribution in [0, 0.1) is 5.92 Å². The molecule has 0 saturated carbocycles. The lowest BCUT2D eigenvalue weighted by atomic mass is 10.1. The first-order valence-electron chi connectivity index (χ1n) is 3.47. The summed E-state index contributed by atoms with van der Waals surface area (Å²) >= 11 is 0. The molecule has 1 heteroatoms. The second-order valence-corrected chi connectivity index (χ2v) is 2.04.